The van der Waals surface area contributed by atoms with E-state index < -0.39 is 10.0 Å². The van der Waals surface area contributed by atoms with Crippen LogP contribution in [-0.4, -0.2) is 31.0 Å². The molecule has 9 nitrogen and oxygen atoms in total. The quantitative estimate of drug-likeness (QED) is 0.672. The number of amides is 1. The lowest BCUT2D eigenvalue weighted by Gasteiger charge is -2.07. The van der Waals surface area contributed by atoms with E-state index >= 15 is 0 Å². The van der Waals surface area contributed by atoms with Crippen LogP contribution in [-0.2, 0) is 14.8 Å². The lowest BCUT2D eigenvalue weighted by Crippen LogP contribution is -2.28. The van der Waals surface area contributed by atoms with Crippen molar-refractivity contribution in [2.75, 3.05) is 11.9 Å². The Labute approximate surface area is 149 Å². The SMILES string of the molecule is Cc1nc2cccc(NC(=O)CCNS(=O)(=O)c3c(C)noc3C)c2o1. The first kappa shape index (κ1) is 18.1. The van der Waals surface area contributed by atoms with Crippen LogP contribution in [0.1, 0.15) is 23.8 Å². The molecule has 2 N–H and O–H groups in total. The first-order valence-electron chi connectivity index (χ1n) is 7.86. The molecule has 0 saturated carbocycles. The van der Waals surface area contributed by atoms with Gasteiger partial charge in [-0.25, -0.2) is 18.1 Å². The van der Waals surface area contributed by atoms with Gasteiger partial charge in [-0.05, 0) is 26.0 Å². The predicted molar refractivity (Wildman–Crippen MR) is 93.2 cm³/mol. The molecule has 2 aromatic heterocycles. The highest BCUT2D eigenvalue weighted by Crippen LogP contribution is 2.24. The zero-order chi connectivity index (χ0) is 18.9. The van der Waals surface area contributed by atoms with Crippen molar-refractivity contribution in [2.45, 2.75) is 32.1 Å². The molecule has 0 spiro atoms. The largest absolute Gasteiger partial charge is 0.439 e. The fraction of sp³-hybridized carbons (Fsp3) is 0.312. The Morgan fingerprint density at radius 3 is 2.69 bits per heavy atom. The van der Waals surface area contributed by atoms with Gasteiger partial charge in [-0.15, -0.1) is 0 Å². The third kappa shape index (κ3) is 3.60. The minimum absolute atomic E-state index is 0.000175. The van der Waals surface area contributed by atoms with Crippen LogP contribution in [0.4, 0.5) is 5.69 Å². The molecule has 26 heavy (non-hydrogen) atoms. The van der Waals surface area contributed by atoms with Crippen molar-refractivity contribution in [3.05, 3.63) is 35.5 Å². The van der Waals surface area contributed by atoms with Crippen molar-refractivity contribution in [1.29, 1.82) is 0 Å². The van der Waals surface area contributed by atoms with E-state index in [2.05, 4.69) is 20.2 Å². The van der Waals surface area contributed by atoms with E-state index in [0.29, 0.717) is 22.7 Å². The first-order chi connectivity index (χ1) is 12.3. The predicted octanol–water partition coefficient (Wildman–Crippen LogP) is 2.05. The molecular formula is C16H18N4O5S. The zero-order valence-corrected chi connectivity index (χ0v) is 15.3. The number of oxazole rings is 1. The van der Waals surface area contributed by atoms with E-state index in [1.165, 1.54) is 13.8 Å². The van der Waals surface area contributed by atoms with Gasteiger partial charge in [0, 0.05) is 19.9 Å². The Bertz CT molecular complexity index is 1050. The molecule has 3 rings (SSSR count). The Morgan fingerprint density at radius 1 is 1.23 bits per heavy atom. The number of hydrogen-bond acceptors (Lipinski definition) is 7. The second-order valence-corrected chi connectivity index (χ2v) is 7.44. The molecule has 0 aliphatic heterocycles. The van der Waals surface area contributed by atoms with Crippen molar-refractivity contribution in [2.24, 2.45) is 0 Å². The van der Waals surface area contributed by atoms with Crippen LogP contribution in [0.2, 0.25) is 0 Å². The van der Waals surface area contributed by atoms with Crippen LogP contribution in [0, 0.1) is 20.8 Å². The number of anilines is 1. The van der Waals surface area contributed by atoms with Crippen molar-refractivity contribution < 1.29 is 22.2 Å². The minimum Gasteiger partial charge on any atom is -0.439 e. The van der Waals surface area contributed by atoms with Crippen molar-refractivity contribution in [1.82, 2.24) is 14.9 Å². The van der Waals surface area contributed by atoms with Gasteiger partial charge in [-0.3, -0.25) is 4.79 Å². The van der Waals surface area contributed by atoms with E-state index in [-0.39, 0.29) is 35.2 Å². The Balaban J connectivity index is 1.62. The third-order valence-corrected chi connectivity index (χ3v) is 5.38. The Hall–Kier alpha value is -2.72. The van der Waals surface area contributed by atoms with Crippen LogP contribution >= 0.6 is 0 Å². The summed E-state index contributed by atoms with van der Waals surface area (Å²) in [6, 6.07) is 5.22. The van der Waals surface area contributed by atoms with Gasteiger partial charge >= 0.3 is 0 Å². The van der Waals surface area contributed by atoms with Crippen LogP contribution < -0.4 is 10.0 Å². The van der Waals surface area contributed by atoms with Gasteiger partial charge in [0.1, 0.15) is 16.1 Å². The standard InChI is InChI=1S/C16H18N4O5S/c1-9-16(10(2)25-20-9)26(22,23)17-8-7-14(21)19-13-6-4-5-12-15(13)24-11(3)18-12/h4-6,17H,7-8H2,1-3H3,(H,19,21). The monoisotopic (exact) mass is 378 g/mol. The van der Waals surface area contributed by atoms with E-state index in [9.17, 15) is 13.2 Å². The summed E-state index contributed by atoms with van der Waals surface area (Å²) in [4.78, 5) is 16.3. The molecule has 1 aromatic carbocycles. The molecular weight excluding hydrogens is 360 g/mol. The van der Waals surface area contributed by atoms with Crippen LogP contribution in [0.25, 0.3) is 11.1 Å². The fourth-order valence-corrected chi connectivity index (χ4v) is 3.96. The number of fused-ring (bicyclic) bond motifs is 1. The van der Waals surface area contributed by atoms with E-state index in [0.717, 1.165) is 0 Å². The lowest BCUT2D eigenvalue weighted by molar-refractivity contribution is -0.116. The molecule has 2 heterocycles. The second kappa shape index (κ2) is 6.89. The number of benzene rings is 1. The number of para-hydroxylation sites is 1. The maximum Gasteiger partial charge on any atom is 0.245 e. The molecule has 138 valence electrons. The summed E-state index contributed by atoms with van der Waals surface area (Å²) < 4.78 is 37.3. The van der Waals surface area contributed by atoms with Crippen LogP contribution in [0.3, 0.4) is 0 Å². The van der Waals surface area contributed by atoms with Gasteiger partial charge in [-0.2, -0.15) is 0 Å². The summed E-state index contributed by atoms with van der Waals surface area (Å²) in [5, 5.41) is 6.33. The van der Waals surface area contributed by atoms with Gasteiger partial charge in [0.05, 0.1) is 5.69 Å². The number of carbonyl (C=O) groups excluding carboxylic acids is 1. The van der Waals surface area contributed by atoms with E-state index in [4.69, 9.17) is 8.94 Å². The zero-order valence-electron chi connectivity index (χ0n) is 14.5. The van der Waals surface area contributed by atoms with E-state index in [1.54, 1.807) is 25.1 Å². The molecule has 10 heteroatoms. The van der Waals surface area contributed by atoms with Gasteiger partial charge in [0.15, 0.2) is 17.2 Å². The molecule has 0 aliphatic carbocycles. The van der Waals surface area contributed by atoms with Gasteiger partial charge in [0.2, 0.25) is 15.9 Å². The van der Waals surface area contributed by atoms with Crippen LogP contribution in [0.5, 0.6) is 0 Å². The summed E-state index contributed by atoms with van der Waals surface area (Å²) in [7, 11) is -3.79. The topological polar surface area (TPSA) is 127 Å². The molecule has 0 saturated heterocycles. The number of carbonyl (C=O) groups is 1. The van der Waals surface area contributed by atoms with Crippen molar-refractivity contribution in [3.8, 4) is 0 Å². The smallest absolute Gasteiger partial charge is 0.245 e. The molecule has 3 aromatic rings. The van der Waals surface area contributed by atoms with Gasteiger partial charge in [-0.1, -0.05) is 11.2 Å². The molecule has 0 radical (unpaired) electrons. The first-order valence-corrected chi connectivity index (χ1v) is 9.35. The highest BCUT2D eigenvalue weighted by molar-refractivity contribution is 7.89. The number of nitrogens with zero attached hydrogens (tertiary/aromatic N) is 2. The highest BCUT2D eigenvalue weighted by Gasteiger charge is 2.24. The number of hydrogen-bond donors (Lipinski definition) is 2. The van der Waals surface area contributed by atoms with Crippen molar-refractivity contribution in [3.63, 3.8) is 0 Å². The summed E-state index contributed by atoms with van der Waals surface area (Å²) in [6.45, 7) is 4.71. The Kier molecular flexibility index (Phi) is 4.79. The fourth-order valence-electron chi connectivity index (χ4n) is 2.60. The molecule has 0 fully saturated rings. The Morgan fingerprint density at radius 2 is 2.00 bits per heavy atom. The maximum absolute atomic E-state index is 12.3. The number of sulfonamides is 1. The average Bonchev–Trinajstić information content (AvgIpc) is 3.09. The number of rotatable bonds is 6. The molecule has 1 amide bonds. The summed E-state index contributed by atoms with van der Waals surface area (Å²) in [5.74, 6) is 0.341. The minimum atomic E-state index is -3.79. The molecule has 0 bridgehead atoms. The normalized spacial score (nSPS) is 11.8. The van der Waals surface area contributed by atoms with Crippen LogP contribution in [0.15, 0.2) is 32.0 Å². The number of nitrogens with one attached hydrogen (secondary N) is 2. The number of aryl methyl sites for hydroxylation is 3. The second-order valence-electron chi connectivity index (χ2n) is 5.74. The third-order valence-electron chi connectivity index (χ3n) is 3.68. The van der Waals surface area contributed by atoms with Crippen molar-refractivity contribution >= 4 is 32.7 Å². The summed E-state index contributed by atoms with van der Waals surface area (Å²) >= 11 is 0. The average molecular weight is 378 g/mol. The van der Waals surface area contributed by atoms with E-state index in [1.807, 2.05) is 0 Å². The highest BCUT2D eigenvalue weighted by atomic mass is 32.2. The molecule has 0 unspecified atom stereocenters. The van der Waals surface area contributed by atoms with Gasteiger partial charge < -0.3 is 14.3 Å². The summed E-state index contributed by atoms with van der Waals surface area (Å²) in [5.41, 5.74) is 1.88. The lowest BCUT2D eigenvalue weighted by atomic mass is 10.2. The molecule has 0 aliphatic rings. The molecule has 0 atom stereocenters. The number of aromatic nitrogens is 2. The van der Waals surface area contributed by atoms with Gasteiger partial charge in [0.25, 0.3) is 0 Å². The summed E-state index contributed by atoms with van der Waals surface area (Å²) in [6.07, 6.45) is -0.0495. The maximum atomic E-state index is 12.3.